The van der Waals surface area contributed by atoms with E-state index in [0.717, 1.165) is 6.42 Å². The van der Waals surface area contributed by atoms with Crippen LogP contribution < -0.4 is 10.6 Å². The van der Waals surface area contributed by atoms with E-state index in [-0.39, 0.29) is 11.9 Å². The van der Waals surface area contributed by atoms with Crippen LogP contribution in [0.25, 0.3) is 0 Å². The van der Waals surface area contributed by atoms with Crippen LogP contribution in [-0.4, -0.2) is 18.0 Å². The zero-order valence-corrected chi connectivity index (χ0v) is 14.0. The van der Waals surface area contributed by atoms with E-state index in [1.165, 1.54) is 19.3 Å². The Hall–Kier alpha value is -0.770. The molecule has 3 atom stereocenters. The molecule has 0 bridgehead atoms. The highest BCUT2D eigenvalue weighted by atomic mass is 35.5. The van der Waals surface area contributed by atoms with E-state index in [1.807, 2.05) is 6.92 Å². The van der Waals surface area contributed by atoms with Gasteiger partial charge in [0.05, 0.1) is 21.8 Å². The van der Waals surface area contributed by atoms with Crippen molar-refractivity contribution in [3.05, 3.63) is 28.2 Å². The maximum Gasteiger partial charge on any atom is 0.241 e. The summed E-state index contributed by atoms with van der Waals surface area (Å²) in [5, 5.41) is 7.09. The van der Waals surface area contributed by atoms with Gasteiger partial charge in [-0.2, -0.15) is 0 Å². The Kier molecular flexibility index (Phi) is 5.91. The van der Waals surface area contributed by atoms with Crippen LogP contribution in [0, 0.1) is 5.92 Å². The van der Waals surface area contributed by atoms with E-state index in [1.54, 1.807) is 18.2 Å². The lowest BCUT2D eigenvalue weighted by atomic mass is 9.85. The number of anilines is 1. The molecule has 1 fully saturated rings. The van der Waals surface area contributed by atoms with E-state index in [2.05, 4.69) is 17.6 Å². The molecule has 0 spiro atoms. The summed E-state index contributed by atoms with van der Waals surface area (Å²) in [5.41, 5.74) is 0.555. The summed E-state index contributed by atoms with van der Waals surface area (Å²) in [5.74, 6) is 0.528. The second kappa shape index (κ2) is 7.48. The molecule has 1 aromatic rings. The Balaban J connectivity index is 1.94. The van der Waals surface area contributed by atoms with Crippen molar-refractivity contribution in [2.45, 2.75) is 51.6 Å². The molecule has 0 radical (unpaired) electrons. The third-order valence-electron chi connectivity index (χ3n) is 4.18. The van der Waals surface area contributed by atoms with Crippen molar-refractivity contribution in [2.75, 3.05) is 5.32 Å². The van der Waals surface area contributed by atoms with E-state index >= 15 is 0 Å². The number of carbonyl (C=O) groups excluding carboxylic acids is 1. The Bertz CT molecular complexity index is 507. The highest BCUT2D eigenvalue weighted by Crippen LogP contribution is 2.29. The van der Waals surface area contributed by atoms with Gasteiger partial charge in [0.25, 0.3) is 0 Å². The number of amides is 1. The molecule has 2 N–H and O–H groups in total. The number of rotatable bonds is 4. The average molecular weight is 329 g/mol. The molecule has 21 heavy (non-hydrogen) atoms. The van der Waals surface area contributed by atoms with Gasteiger partial charge in [0.2, 0.25) is 5.91 Å². The second-order valence-electron chi connectivity index (χ2n) is 5.85. The van der Waals surface area contributed by atoms with Crippen molar-refractivity contribution in [3.8, 4) is 0 Å². The number of hydrogen-bond acceptors (Lipinski definition) is 2. The number of nitrogens with one attached hydrogen (secondary N) is 2. The molecule has 2 rings (SSSR count). The lowest BCUT2D eigenvalue weighted by Gasteiger charge is -2.31. The summed E-state index contributed by atoms with van der Waals surface area (Å²) in [7, 11) is 0. The minimum atomic E-state index is -0.259. The molecule has 116 valence electrons. The highest BCUT2D eigenvalue weighted by Gasteiger charge is 2.25. The van der Waals surface area contributed by atoms with Gasteiger partial charge in [0, 0.05) is 6.04 Å². The van der Waals surface area contributed by atoms with E-state index in [0.29, 0.717) is 27.7 Å². The van der Waals surface area contributed by atoms with Gasteiger partial charge in [-0.05, 0) is 37.8 Å². The van der Waals surface area contributed by atoms with Crippen LogP contribution in [0.4, 0.5) is 5.69 Å². The normalized spacial score (nSPS) is 23.6. The van der Waals surface area contributed by atoms with Crippen molar-refractivity contribution in [1.29, 1.82) is 0 Å². The quantitative estimate of drug-likeness (QED) is 0.854. The fourth-order valence-electron chi connectivity index (χ4n) is 2.80. The first-order chi connectivity index (χ1) is 9.99. The predicted octanol–water partition coefficient (Wildman–Crippen LogP) is 4.49. The summed E-state index contributed by atoms with van der Waals surface area (Å²) < 4.78 is 0. The minimum Gasteiger partial charge on any atom is -0.323 e. The molecular weight excluding hydrogens is 307 g/mol. The number of halogens is 2. The van der Waals surface area contributed by atoms with Crippen LogP contribution in [-0.2, 0) is 4.79 Å². The molecule has 3 nitrogen and oxygen atoms in total. The summed E-state index contributed by atoms with van der Waals surface area (Å²) in [4.78, 5) is 12.3. The van der Waals surface area contributed by atoms with E-state index in [9.17, 15) is 4.79 Å². The SMILES string of the molecule is CC(NC1CCCCC1C)C(=O)Nc1cccc(Cl)c1Cl. The van der Waals surface area contributed by atoms with E-state index < -0.39 is 0 Å². The maximum atomic E-state index is 12.3. The minimum absolute atomic E-state index is 0.0862. The van der Waals surface area contributed by atoms with Gasteiger partial charge < -0.3 is 10.6 Å². The standard InChI is InChI=1S/C16H22Cl2N2O/c1-10-6-3-4-8-13(10)19-11(2)16(21)20-14-9-5-7-12(17)15(14)18/h5,7,9-11,13,19H,3-4,6,8H2,1-2H3,(H,20,21). The second-order valence-corrected chi connectivity index (χ2v) is 6.63. The van der Waals surface area contributed by atoms with Crippen LogP contribution in [0.3, 0.4) is 0 Å². The zero-order valence-electron chi connectivity index (χ0n) is 12.5. The Morgan fingerprint density at radius 3 is 2.71 bits per heavy atom. The van der Waals surface area contributed by atoms with Crippen LogP contribution in [0.1, 0.15) is 39.5 Å². The van der Waals surface area contributed by atoms with Crippen molar-refractivity contribution >= 4 is 34.8 Å². The molecule has 0 saturated heterocycles. The van der Waals surface area contributed by atoms with E-state index in [4.69, 9.17) is 23.2 Å². The van der Waals surface area contributed by atoms with Gasteiger partial charge in [-0.15, -0.1) is 0 Å². The first-order valence-electron chi connectivity index (χ1n) is 7.50. The predicted molar refractivity (Wildman–Crippen MR) is 89.1 cm³/mol. The Labute approximate surface area is 136 Å². The first kappa shape index (κ1) is 16.6. The van der Waals surface area contributed by atoms with Gasteiger partial charge in [-0.3, -0.25) is 4.79 Å². The lowest BCUT2D eigenvalue weighted by Crippen LogP contribution is -2.47. The summed E-state index contributed by atoms with van der Waals surface area (Å²) in [6.45, 7) is 4.13. The fourth-order valence-corrected chi connectivity index (χ4v) is 3.15. The van der Waals surface area contributed by atoms with Crippen LogP contribution >= 0.6 is 23.2 Å². The van der Waals surface area contributed by atoms with Crippen molar-refractivity contribution < 1.29 is 4.79 Å². The molecule has 0 aromatic heterocycles. The molecular formula is C16H22Cl2N2O. The molecule has 1 aliphatic carbocycles. The molecule has 1 amide bonds. The van der Waals surface area contributed by atoms with Gasteiger partial charge in [-0.1, -0.05) is 49.0 Å². The Morgan fingerprint density at radius 1 is 1.29 bits per heavy atom. The number of benzene rings is 1. The van der Waals surface area contributed by atoms with Gasteiger partial charge >= 0.3 is 0 Å². The first-order valence-corrected chi connectivity index (χ1v) is 8.25. The summed E-state index contributed by atoms with van der Waals surface area (Å²) >= 11 is 12.0. The van der Waals surface area contributed by atoms with Crippen LogP contribution in [0.15, 0.2) is 18.2 Å². The van der Waals surface area contributed by atoms with Crippen LogP contribution in [0.5, 0.6) is 0 Å². The monoisotopic (exact) mass is 328 g/mol. The third-order valence-corrected chi connectivity index (χ3v) is 5.00. The zero-order chi connectivity index (χ0) is 15.4. The van der Waals surface area contributed by atoms with Crippen molar-refractivity contribution in [3.63, 3.8) is 0 Å². The van der Waals surface area contributed by atoms with Gasteiger partial charge in [0.15, 0.2) is 0 Å². The molecule has 1 aromatic carbocycles. The van der Waals surface area contributed by atoms with Gasteiger partial charge in [-0.25, -0.2) is 0 Å². The topological polar surface area (TPSA) is 41.1 Å². The summed E-state index contributed by atoms with van der Waals surface area (Å²) in [6.07, 6.45) is 4.89. The fraction of sp³-hybridized carbons (Fsp3) is 0.562. The van der Waals surface area contributed by atoms with Crippen molar-refractivity contribution in [1.82, 2.24) is 5.32 Å². The third kappa shape index (κ3) is 4.35. The Morgan fingerprint density at radius 2 is 2.00 bits per heavy atom. The molecule has 0 heterocycles. The highest BCUT2D eigenvalue weighted by molar-refractivity contribution is 6.44. The summed E-state index contributed by atoms with van der Waals surface area (Å²) in [6, 6.07) is 5.37. The molecule has 5 heteroatoms. The molecule has 0 aliphatic heterocycles. The molecule has 1 aliphatic rings. The number of hydrogen-bond donors (Lipinski definition) is 2. The van der Waals surface area contributed by atoms with Gasteiger partial charge in [0.1, 0.15) is 0 Å². The molecule has 3 unspecified atom stereocenters. The average Bonchev–Trinajstić information content (AvgIpc) is 2.46. The van der Waals surface area contributed by atoms with Crippen molar-refractivity contribution in [2.24, 2.45) is 5.92 Å². The maximum absolute atomic E-state index is 12.3. The lowest BCUT2D eigenvalue weighted by molar-refractivity contribution is -0.118. The largest absolute Gasteiger partial charge is 0.323 e. The smallest absolute Gasteiger partial charge is 0.241 e. The van der Waals surface area contributed by atoms with Crippen LogP contribution in [0.2, 0.25) is 10.0 Å². The molecule has 1 saturated carbocycles. The number of carbonyl (C=O) groups is 1.